The van der Waals surface area contributed by atoms with E-state index in [0.717, 1.165) is 70.6 Å². The van der Waals surface area contributed by atoms with Crippen LogP contribution in [0.1, 0.15) is 418 Å². The van der Waals surface area contributed by atoms with Crippen molar-refractivity contribution in [3.05, 3.63) is 48.6 Å². The first-order valence-corrected chi connectivity index (χ1v) is 47.9. The molecule has 0 aromatic carbocycles. The molecule has 0 aromatic heterocycles. The Hall–Kier alpha value is -2.25. The summed E-state index contributed by atoms with van der Waals surface area (Å²) in [7, 11) is 0. The molecule has 1 amide bonds. The van der Waals surface area contributed by atoms with E-state index in [2.05, 4.69) is 67.8 Å². The van der Waals surface area contributed by atoms with Crippen molar-refractivity contribution in [1.82, 2.24) is 5.32 Å². The number of carbonyl (C=O) groups is 1. The van der Waals surface area contributed by atoms with Crippen molar-refractivity contribution < 1.29 is 89.4 Å². The fourth-order valence-corrected chi connectivity index (χ4v) is 16.4. The fraction of sp³-hybridized carbons (Fsp3) is 0.905. The predicted molar refractivity (Wildman–Crippen MR) is 462 cm³/mol. The maximum atomic E-state index is 13.6. The molecule has 0 saturated carbocycles. The third kappa shape index (κ3) is 52.2. The highest BCUT2D eigenvalue weighted by atomic mass is 16.8. The molecule has 19 nitrogen and oxygen atoms in total. The van der Waals surface area contributed by atoms with Crippen LogP contribution in [0, 0.1) is 0 Å². The minimum atomic E-state index is -1.97. The number of carbonyl (C=O) groups excluding carboxylic acids is 1. The topological polar surface area (TPSA) is 307 Å². The molecule has 0 bridgehead atoms. The number of nitrogens with one attached hydrogen (secondary N) is 1. The molecule has 17 atom stereocenters. The third-order valence-corrected chi connectivity index (χ3v) is 23.9. The Morgan fingerprint density at radius 3 is 0.947 bits per heavy atom. The van der Waals surface area contributed by atoms with Crippen molar-refractivity contribution in [3.63, 3.8) is 0 Å². The van der Waals surface area contributed by atoms with Crippen molar-refractivity contribution in [3.8, 4) is 0 Å². The van der Waals surface area contributed by atoms with Gasteiger partial charge in [0.2, 0.25) is 5.91 Å². The minimum absolute atomic E-state index is 0.233. The smallest absolute Gasteiger partial charge is 0.220 e. The molecule has 3 aliphatic heterocycles. The van der Waals surface area contributed by atoms with Crippen molar-refractivity contribution in [2.24, 2.45) is 0 Å². The molecular weight excluding hydrogens is 1440 g/mol. The van der Waals surface area contributed by atoms with Crippen LogP contribution in [0.5, 0.6) is 0 Å². The first-order valence-electron chi connectivity index (χ1n) is 47.9. The van der Waals surface area contributed by atoms with Gasteiger partial charge in [-0.25, -0.2) is 0 Å². The summed E-state index contributed by atoms with van der Waals surface area (Å²) in [6, 6.07) is -0.888. The first-order chi connectivity index (χ1) is 55.8. The van der Waals surface area contributed by atoms with Crippen LogP contribution in [0.25, 0.3) is 0 Å². The summed E-state index contributed by atoms with van der Waals surface area (Å²) in [4.78, 5) is 13.6. The van der Waals surface area contributed by atoms with E-state index in [0.29, 0.717) is 12.8 Å². The van der Waals surface area contributed by atoms with Gasteiger partial charge < -0.3 is 89.9 Å². The Morgan fingerprint density at radius 2 is 0.605 bits per heavy atom. The summed E-state index contributed by atoms with van der Waals surface area (Å²) in [5.74, 6) is -0.233. The summed E-state index contributed by atoms with van der Waals surface area (Å²) in [5, 5.41) is 122. The van der Waals surface area contributed by atoms with E-state index in [1.807, 2.05) is 0 Å². The number of rotatable bonds is 79. The molecule has 12 N–H and O–H groups in total. The van der Waals surface area contributed by atoms with Crippen LogP contribution in [0.15, 0.2) is 48.6 Å². The lowest BCUT2D eigenvalue weighted by Crippen LogP contribution is -2.66. The Kier molecular flexibility index (Phi) is 69.3. The predicted octanol–water partition coefficient (Wildman–Crippen LogP) is 19.1. The van der Waals surface area contributed by atoms with Gasteiger partial charge in [0.1, 0.15) is 73.2 Å². The van der Waals surface area contributed by atoms with Crippen LogP contribution in [-0.4, -0.2) is 193 Å². The van der Waals surface area contributed by atoms with E-state index in [4.69, 9.17) is 28.4 Å². The normalized spacial score (nSPS) is 24.9. The fourth-order valence-electron chi connectivity index (χ4n) is 16.4. The average Bonchev–Trinajstić information content (AvgIpc) is 0.777. The van der Waals surface area contributed by atoms with Crippen LogP contribution < -0.4 is 5.32 Å². The highest BCUT2D eigenvalue weighted by Gasteiger charge is 2.54. The largest absolute Gasteiger partial charge is 0.394 e. The Bertz CT molecular complexity index is 2240. The van der Waals surface area contributed by atoms with E-state index in [1.54, 1.807) is 0 Å². The second-order valence-corrected chi connectivity index (χ2v) is 34.2. The molecule has 17 unspecified atom stereocenters. The highest BCUT2D eigenvalue weighted by Crippen LogP contribution is 2.34. The van der Waals surface area contributed by atoms with Gasteiger partial charge in [-0.3, -0.25) is 4.79 Å². The van der Waals surface area contributed by atoms with E-state index < -0.39 is 124 Å². The van der Waals surface area contributed by atoms with E-state index >= 15 is 0 Å². The lowest BCUT2D eigenvalue weighted by Gasteiger charge is -2.48. The quantitative estimate of drug-likeness (QED) is 0.0199. The SMILES string of the molecule is CC/C=C\C/C=C\C/C=C\C/C=C\CCCCCCCCCCCCCCCCCCCCCCCCCCC(=O)NC(COC1OC(CO)C(OC2OC(CO)C(OC3OC(CO)C(O)C(O)C3O)C(O)C2O)C(O)C1O)C(O)CCCCCCCCCCCCCCCCCCCCCCCCCCCCCCCCCC. The van der Waals surface area contributed by atoms with Gasteiger partial charge in [0.05, 0.1) is 38.6 Å². The van der Waals surface area contributed by atoms with Gasteiger partial charge >= 0.3 is 0 Å². The van der Waals surface area contributed by atoms with Crippen LogP contribution in [0.2, 0.25) is 0 Å². The van der Waals surface area contributed by atoms with Gasteiger partial charge in [-0.2, -0.15) is 0 Å². The minimum Gasteiger partial charge on any atom is -0.394 e. The Morgan fingerprint density at radius 1 is 0.325 bits per heavy atom. The third-order valence-electron chi connectivity index (χ3n) is 23.9. The number of aliphatic hydroxyl groups is 11. The van der Waals surface area contributed by atoms with E-state index in [9.17, 15) is 61.0 Å². The molecule has 3 aliphatic rings. The summed E-state index contributed by atoms with van der Waals surface area (Å²) >= 11 is 0. The summed E-state index contributed by atoms with van der Waals surface area (Å²) in [6.07, 6.45) is 71.0. The molecular formula is C95H177NO18. The molecule has 3 saturated heterocycles. The molecule has 0 radical (unpaired) electrons. The second-order valence-electron chi connectivity index (χ2n) is 34.2. The van der Waals surface area contributed by atoms with E-state index in [1.165, 1.54) is 315 Å². The van der Waals surface area contributed by atoms with Crippen LogP contribution >= 0.6 is 0 Å². The maximum absolute atomic E-state index is 13.6. The van der Waals surface area contributed by atoms with Crippen LogP contribution in [-0.2, 0) is 33.2 Å². The van der Waals surface area contributed by atoms with Crippen LogP contribution in [0.4, 0.5) is 0 Å². The molecule has 670 valence electrons. The lowest BCUT2D eigenvalue weighted by atomic mass is 9.96. The van der Waals surface area contributed by atoms with Gasteiger partial charge in [0.15, 0.2) is 18.9 Å². The Labute approximate surface area is 694 Å². The zero-order chi connectivity index (χ0) is 82.4. The molecule has 3 heterocycles. The number of aliphatic hydroxyl groups excluding tert-OH is 11. The molecule has 0 aliphatic carbocycles. The molecule has 0 aromatic rings. The Balaban J connectivity index is 1.29. The standard InChI is InChI=1S/C95H177NO18/c1-3-5-7-9-11-13-15-17-19-21-23-25-27-29-31-33-35-37-38-39-40-41-43-45-47-49-51-53-55-57-59-61-63-65-67-69-71-73-83(101)96-78(79(100)72-70-68-66-64-62-60-58-56-54-52-50-48-46-44-42-36-34-32-30-28-26-24-22-20-18-16-14-12-10-8-6-4-2)77-109-93-89(107)86(104)91(81(75-98)111-93)114-95-90(108)87(105)92(82(76-99)112-95)113-94-88(106)85(103)84(102)80(74-97)110-94/h5,7,11,13,17,19,23,25,78-82,84-95,97-100,102-108H,3-4,6,8-10,12,14-16,18,20-22,24,26-77H2,1-2H3,(H,96,101)/b7-5-,13-11-,19-17-,25-23-. The van der Waals surface area contributed by atoms with Crippen molar-refractivity contribution in [2.45, 2.75) is 523 Å². The van der Waals surface area contributed by atoms with Gasteiger partial charge in [-0.15, -0.1) is 0 Å². The number of hydrogen-bond acceptors (Lipinski definition) is 18. The molecule has 3 rings (SSSR count). The average molecular weight is 1620 g/mol. The zero-order valence-electron chi connectivity index (χ0n) is 72.6. The van der Waals surface area contributed by atoms with Crippen molar-refractivity contribution in [1.29, 1.82) is 0 Å². The monoisotopic (exact) mass is 1620 g/mol. The molecule has 0 spiro atoms. The summed E-state index contributed by atoms with van der Waals surface area (Å²) in [6.45, 7) is 1.76. The number of allylic oxidation sites excluding steroid dienone is 8. The van der Waals surface area contributed by atoms with E-state index in [-0.39, 0.29) is 18.9 Å². The van der Waals surface area contributed by atoms with Gasteiger partial charge in [0, 0.05) is 6.42 Å². The number of amides is 1. The second kappa shape index (κ2) is 74.6. The highest BCUT2D eigenvalue weighted by molar-refractivity contribution is 5.76. The lowest BCUT2D eigenvalue weighted by molar-refractivity contribution is -0.379. The first kappa shape index (κ1) is 106. The van der Waals surface area contributed by atoms with Gasteiger partial charge in [-0.05, 0) is 51.4 Å². The number of hydrogen-bond donors (Lipinski definition) is 12. The zero-order valence-corrected chi connectivity index (χ0v) is 72.6. The van der Waals surface area contributed by atoms with Gasteiger partial charge in [-0.1, -0.05) is 409 Å². The molecule has 114 heavy (non-hydrogen) atoms. The van der Waals surface area contributed by atoms with Crippen molar-refractivity contribution >= 4 is 5.91 Å². The maximum Gasteiger partial charge on any atom is 0.220 e. The summed E-state index contributed by atoms with van der Waals surface area (Å²) in [5.41, 5.74) is 0. The number of ether oxygens (including phenoxy) is 6. The number of unbranched alkanes of at least 4 members (excludes halogenated alkanes) is 55. The van der Waals surface area contributed by atoms with Gasteiger partial charge in [0.25, 0.3) is 0 Å². The molecule has 3 fully saturated rings. The van der Waals surface area contributed by atoms with Crippen molar-refractivity contribution in [2.75, 3.05) is 26.4 Å². The molecule has 19 heteroatoms. The summed E-state index contributed by atoms with van der Waals surface area (Å²) < 4.78 is 34.6. The van der Waals surface area contributed by atoms with Crippen LogP contribution in [0.3, 0.4) is 0 Å².